The van der Waals surface area contributed by atoms with Crippen LogP contribution in [0.5, 0.6) is 0 Å². The van der Waals surface area contributed by atoms with Gasteiger partial charge in [0, 0.05) is 62.3 Å². The number of carbonyl (C=O) groups excluding carboxylic acids is 2. The van der Waals surface area contributed by atoms with Gasteiger partial charge in [0.25, 0.3) is 0 Å². The van der Waals surface area contributed by atoms with Gasteiger partial charge in [-0.25, -0.2) is 27.7 Å². The van der Waals surface area contributed by atoms with Crippen LogP contribution >= 0.6 is 0 Å². The number of aromatic nitrogens is 8. The van der Waals surface area contributed by atoms with Gasteiger partial charge in [-0.05, 0) is 226 Å². The summed E-state index contributed by atoms with van der Waals surface area (Å²) in [6.07, 6.45) is 13.3. The standard InChI is InChI=1S/C33H44FN7O2.C27H36FN7O2/c1-22(35-32(43)36-29-7-3-6-27(16-29)31-37-38-39-40(31)2)30(42)20-41(12-4-5-23-8-10-28(34)11-9-23)21-33-17-24-13-25(18-33)15-26(14-24)19-33;1-4-19-14-21(26-31-32-33-34(26)3)16-23(15-19)30-27(37)29-18(2)25(36)17-35(24-11-12-24)13-5-6-20-7-9-22(28)10-8-20/h3,6-11,16,22,24-26,30,42H,4-5,12-15,17-21H2,1-2H3,(H2,35,36,43);7-10,14-16,18,24-25,36H,4-6,11-13,17H2,1-3H3,(H2,29,30,37)/t22-,24?,25?,26?,30+,33?;18-,25+/m11/s1. The van der Waals surface area contributed by atoms with Gasteiger partial charge in [0.2, 0.25) is 0 Å². The fraction of sp³-hybridized carbons (Fsp3) is 0.533. The molecule has 6 N–H and O–H groups in total. The van der Waals surface area contributed by atoms with Gasteiger partial charge in [-0.3, -0.25) is 4.90 Å². The van der Waals surface area contributed by atoms with E-state index in [-0.39, 0.29) is 23.7 Å². The number of carbonyl (C=O) groups is 2. The smallest absolute Gasteiger partial charge is 0.319 e. The molecule has 2 aromatic heterocycles. The van der Waals surface area contributed by atoms with Crippen LogP contribution in [0.4, 0.5) is 29.7 Å². The lowest BCUT2D eigenvalue weighted by Gasteiger charge is -2.58. The molecule has 5 aliphatic rings. The highest BCUT2D eigenvalue weighted by Crippen LogP contribution is 2.60. The van der Waals surface area contributed by atoms with Gasteiger partial charge in [-0.1, -0.05) is 43.3 Å². The summed E-state index contributed by atoms with van der Waals surface area (Å²) in [6, 6.07) is 25.3. The van der Waals surface area contributed by atoms with Crippen molar-refractivity contribution in [2.75, 3.05) is 43.4 Å². The van der Waals surface area contributed by atoms with Crippen molar-refractivity contribution in [3.8, 4) is 22.8 Å². The van der Waals surface area contributed by atoms with Crippen LogP contribution in [0.3, 0.4) is 0 Å². The van der Waals surface area contributed by atoms with Crippen molar-refractivity contribution in [1.29, 1.82) is 0 Å². The fourth-order valence-corrected chi connectivity index (χ4v) is 12.9. The summed E-state index contributed by atoms with van der Waals surface area (Å²) in [6.45, 7) is 9.41. The average Bonchev–Trinajstić information content (AvgIpc) is 4.11. The van der Waals surface area contributed by atoms with Gasteiger partial charge < -0.3 is 36.4 Å². The zero-order valence-electron chi connectivity index (χ0n) is 46.9. The summed E-state index contributed by atoms with van der Waals surface area (Å²) < 4.78 is 29.7. The van der Waals surface area contributed by atoms with E-state index in [4.69, 9.17) is 0 Å². The molecule has 0 radical (unpaired) electrons. The Morgan fingerprint density at radius 3 is 1.70 bits per heavy atom. The number of hydrogen-bond donors (Lipinski definition) is 6. The van der Waals surface area contributed by atoms with Crippen LogP contribution < -0.4 is 21.3 Å². The SMILES string of the molecule is CCc1cc(NC(=O)N[C@H](C)[C@@H](O)CN(CCCc2ccc(F)cc2)C2CC2)cc(-c2nnnn2C)c1.C[C@@H](NC(=O)Nc1cccc(-c2nnnn2C)c1)[C@@H](O)CN(CCCc1ccc(F)cc1)CC12CC3CC(CC(C3)C1)C2. The fourth-order valence-electron chi connectivity index (χ4n) is 12.9. The van der Waals surface area contributed by atoms with Crippen molar-refractivity contribution >= 4 is 23.4 Å². The molecule has 5 saturated carbocycles. The summed E-state index contributed by atoms with van der Waals surface area (Å²) in [5.74, 6) is 3.38. The number of hydrogen-bond acceptors (Lipinski definition) is 12. The van der Waals surface area contributed by atoms with Crippen molar-refractivity contribution in [1.82, 2.24) is 60.8 Å². The Labute approximate surface area is 468 Å². The second-order valence-electron chi connectivity index (χ2n) is 23.4. The van der Waals surface area contributed by atoms with Crippen molar-refractivity contribution in [3.05, 3.63) is 119 Å². The quantitative estimate of drug-likeness (QED) is 0.0336. The molecule has 4 amide bonds. The summed E-state index contributed by atoms with van der Waals surface area (Å²) in [5.41, 5.74) is 6.49. The number of anilines is 2. The number of tetrazole rings is 2. The molecule has 20 heteroatoms. The summed E-state index contributed by atoms with van der Waals surface area (Å²) in [7, 11) is 3.53. The van der Waals surface area contributed by atoms with E-state index in [2.05, 4.69) is 62.1 Å². The zero-order valence-corrected chi connectivity index (χ0v) is 46.9. The molecule has 4 atom stereocenters. The van der Waals surface area contributed by atoms with Crippen molar-refractivity contribution in [2.24, 2.45) is 37.3 Å². The molecular formula is C60H80F2N14O4. The minimum absolute atomic E-state index is 0.212. The second-order valence-corrected chi connectivity index (χ2v) is 23.4. The van der Waals surface area contributed by atoms with Gasteiger partial charge in [0.05, 0.1) is 24.3 Å². The molecule has 5 fully saturated rings. The maximum absolute atomic E-state index is 13.4. The van der Waals surface area contributed by atoms with Crippen LogP contribution in [0.25, 0.3) is 22.8 Å². The third-order valence-electron chi connectivity index (χ3n) is 16.7. The monoisotopic (exact) mass is 1100 g/mol. The Morgan fingerprint density at radius 1 is 0.662 bits per heavy atom. The molecule has 6 aromatic rings. The first-order valence-electron chi connectivity index (χ1n) is 28.7. The third kappa shape index (κ3) is 16.0. The molecule has 5 aliphatic carbocycles. The zero-order chi connectivity index (χ0) is 56.3. The Kier molecular flexibility index (Phi) is 19.3. The highest BCUT2D eigenvalue weighted by Gasteiger charge is 2.51. The first-order valence-corrected chi connectivity index (χ1v) is 28.7. The number of aryl methyl sites for hydroxylation is 5. The Bertz CT molecular complexity index is 2930. The highest BCUT2D eigenvalue weighted by atomic mass is 19.1. The van der Waals surface area contributed by atoms with E-state index in [0.717, 1.165) is 110 Å². The summed E-state index contributed by atoms with van der Waals surface area (Å²) in [5, 5.41) is 57.0. The lowest BCUT2D eigenvalue weighted by atomic mass is 9.49. The van der Waals surface area contributed by atoms with Gasteiger partial charge >= 0.3 is 12.1 Å². The normalized spacial score (nSPS) is 20.7. The van der Waals surface area contributed by atoms with Crippen molar-refractivity contribution in [2.45, 2.75) is 135 Å². The van der Waals surface area contributed by atoms with E-state index in [1.54, 1.807) is 23.5 Å². The molecule has 0 saturated heterocycles. The molecule has 4 aromatic carbocycles. The number of rotatable bonds is 24. The predicted octanol–water partition coefficient (Wildman–Crippen LogP) is 8.59. The number of aliphatic hydroxyl groups is 2. The molecule has 80 heavy (non-hydrogen) atoms. The highest BCUT2D eigenvalue weighted by molar-refractivity contribution is 5.91. The van der Waals surface area contributed by atoms with E-state index in [9.17, 15) is 28.6 Å². The van der Waals surface area contributed by atoms with Crippen LogP contribution in [-0.4, -0.2) is 136 Å². The maximum atomic E-state index is 13.4. The van der Waals surface area contributed by atoms with Gasteiger partial charge in [-0.2, -0.15) is 0 Å². The van der Waals surface area contributed by atoms with Crippen molar-refractivity contribution < 1.29 is 28.6 Å². The molecule has 4 bridgehead atoms. The molecule has 0 unspecified atom stereocenters. The van der Waals surface area contributed by atoms with E-state index < -0.39 is 24.3 Å². The van der Waals surface area contributed by atoms with E-state index in [0.29, 0.717) is 47.6 Å². The minimum atomic E-state index is -0.721. The molecule has 2 heterocycles. The predicted molar refractivity (Wildman–Crippen MR) is 304 cm³/mol. The first kappa shape index (κ1) is 57.9. The Hall–Kier alpha value is -6.74. The van der Waals surface area contributed by atoms with Gasteiger partial charge in [0.15, 0.2) is 11.6 Å². The third-order valence-corrected chi connectivity index (χ3v) is 16.7. The minimum Gasteiger partial charge on any atom is -0.390 e. The van der Waals surface area contributed by atoms with Crippen LogP contribution in [0.1, 0.15) is 102 Å². The lowest BCUT2D eigenvalue weighted by Crippen LogP contribution is -2.54. The molecule has 0 aliphatic heterocycles. The largest absolute Gasteiger partial charge is 0.390 e. The molecule has 428 valence electrons. The lowest BCUT2D eigenvalue weighted by molar-refractivity contribution is -0.0737. The van der Waals surface area contributed by atoms with E-state index in [1.165, 1.54) is 62.8 Å². The van der Waals surface area contributed by atoms with Gasteiger partial charge in [0.1, 0.15) is 11.6 Å². The topological polar surface area (TPSA) is 216 Å². The van der Waals surface area contributed by atoms with E-state index in [1.807, 2.05) is 87.5 Å². The maximum Gasteiger partial charge on any atom is 0.319 e. The number of halogens is 2. The van der Waals surface area contributed by atoms with Crippen LogP contribution in [-0.2, 0) is 33.4 Å². The van der Waals surface area contributed by atoms with Crippen molar-refractivity contribution in [3.63, 3.8) is 0 Å². The van der Waals surface area contributed by atoms with E-state index >= 15 is 0 Å². The Balaban J connectivity index is 0.000000196. The summed E-state index contributed by atoms with van der Waals surface area (Å²) >= 11 is 0. The molecule has 11 rings (SSSR count). The first-order chi connectivity index (χ1) is 38.5. The van der Waals surface area contributed by atoms with Crippen LogP contribution in [0, 0.1) is 34.8 Å². The van der Waals surface area contributed by atoms with Crippen LogP contribution in [0.2, 0.25) is 0 Å². The number of aliphatic hydroxyl groups excluding tert-OH is 2. The van der Waals surface area contributed by atoms with Gasteiger partial charge in [-0.15, -0.1) is 10.2 Å². The van der Waals surface area contributed by atoms with Crippen LogP contribution in [0.15, 0.2) is 91.0 Å². The second kappa shape index (κ2) is 26.7. The summed E-state index contributed by atoms with van der Waals surface area (Å²) in [4.78, 5) is 30.4. The molecule has 0 spiro atoms. The number of benzene rings is 4. The number of nitrogens with zero attached hydrogens (tertiary/aromatic N) is 10. The molecular weight excluding hydrogens is 1020 g/mol. The number of nitrogens with one attached hydrogen (secondary N) is 4. The molecule has 18 nitrogen and oxygen atoms in total. The Morgan fingerprint density at radius 2 is 1.18 bits per heavy atom. The average molecular weight is 1100 g/mol. The number of amides is 4. The number of urea groups is 2.